The molecule has 0 aliphatic heterocycles. The number of hydrogen-bond acceptors (Lipinski definition) is 2. The summed E-state index contributed by atoms with van der Waals surface area (Å²) >= 11 is 6.76. The molecule has 1 heterocycles. The first-order valence-corrected chi connectivity index (χ1v) is 6.75. The van der Waals surface area contributed by atoms with E-state index >= 15 is 0 Å². The van der Waals surface area contributed by atoms with E-state index in [0.717, 1.165) is 15.7 Å². The summed E-state index contributed by atoms with van der Waals surface area (Å²) in [6.45, 7) is 2.55. The van der Waals surface area contributed by atoms with Crippen molar-refractivity contribution < 1.29 is 4.39 Å². The average molecular weight is 363 g/mol. The Labute approximate surface area is 115 Å². The molecule has 90 valence electrons. The van der Waals surface area contributed by atoms with Gasteiger partial charge in [0.1, 0.15) is 5.82 Å². The average Bonchev–Trinajstić information content (AvgIpc) is 2.71. The lowest BCUT2D eigenvalue weighted by Gasteiger charge is -2.04. The van der Waals surface area contributed by atoms with Crippen LogP contribution >= 0.6 is 31.9 Å². The number of aromatic nitrogens is 3. The summed E-state index contributed by atoms with van der Waals surface area (Å²) in [4.78, 5) is 0.174. The van der Waals surface area contributed by atoms with Crippen molar-refractivity contribution in [2.45, 2.75) is 18.3 Å². The Balaban J connectivity index is 2.19. The minimum Gasteiger partial charge on any atom is -0.248 e. The molecule has 3 nitrogen and oxygen atoms in total. The van der Waals surface area contributed by atoms with E-state index in [9.17, 15) is 4.39 Å². The topological polar surface area (TPSA) is 30.7 Å². The van der Waals surface area contributed by atoms with E-state index in [-0.39, 0.29) is 10.6 Å². The van der Waals surface area contributed by atoms with E-state index in [4.69, 9.17) is 0 Å². The summed E-state index contributed by atoms with van der Waals surface area (Å²) in [6.07, 6.45) is 1.87. The largest absolute Gasteiger partial charge is 0.248 e. The molecule has 0 radical (unpaired) electrons. The maximum atomic E-state index is 12.9. The fraction of sp³-hybridized carbons (Fsp3) is 0.273. The zero-order valence-corrected chi connectivity index (χ0v) is 12.2. The van der Waals surface area contributed by atoms with Gasteiger partial charge in [-0.1, -0.05) is 43.1 Å². The van der Waals surface area contributed by atoms with Gasteiger partial charge in [-0.2, -0.15) is 0 Å². The second-order valence-electron chi connectivity index (χ2n) is 3.69. The Morgan fingerprint density at radius 3 is 2.82 bits per heavy atom. The predicted octanol–water partition coefficient (Wildman–Crippen LogP) is 3.68. The van der Waals surface area contributed by atoms with Crippen molar-refractivity contribution in [3.05, 3.63) is 45.9 Å². The van der Waals surface area contributed by atoms with Crippen molar-refractivity contribution in [3.8, 4) is 0 Å². The normalized spacial score (nSPS) is 12.7. The number of rotatable bonds is 3. The van der Waals surface area contributed by atoms with Crippen molar-refractivity contribution in [1.29, 1.82) is 0 Å². The van der Waals surface area contributed by atoms with Crippen LogP contribution in [-0.2, 0) is 6.54 Å². The van der Waals surface area contributed by atoms with Crippen LogP contribution < -0.4 is 0 Å². The van der Waals surface area contributed by atoms with Crippen molar-refractivity contribution in [2.75, 3.05) is 0 Å². The van der Waals surface area contributed by atoms with E-state index in [1.165, 1.54) is 12.1 Å². The van der Waals surface area contributed by atoms with Crippen molar-refractivity contribution >= 4 is 31.9 Å². The van der Waals surface area contributed by atoms with E-state index < -0.39 is 0 Å². The van der Waals surface area contributed by atoms with Gasteiger partial charge in [0.15, 0.2) is 0 Å². The third kappa shape index (κ3) is 3.13. The van der Waals surface area contributed by atoms with E-state index in [0.29, 0.717) is 6.54 Å². The van der Waals surface area contributed by atoms with Gasteiger partial charge in [0, 0.05) is 10.7 Å². The highest BCUT2D eigenvalue weighted by molar-refractivity contribution is 9.10. The third-order valence-electron chi connectivity index (χ3n) is 2.31. The third-order valence-corrected chi connectivity index (χ3v) is 3.52. The molecule has 17 heavy (non-hydrogen) atoms. The van der Waals surface area contributed by atoms with Gasteiger partial charge in [-0.15, -0.1) is 5.10 Å². The number of hydrogen-bond donors (Lipinski definition) is 0. The number of halogens is 3. The summed E-state index contributed by atoms with van der Waals surface area (Å²) in [5.41, 5.74) is 1.84. The maximum Gasteiger partial charge on any atom is 0.124 e. The molecular formula is C11H10Br2FN3. The molecule has 0 saturated carbocycles. The summed E-state index contributed by atoms with van der Waals surface area (Å²) in [5.74, 6) is -0.256. The molecule has 2 rings (SSSR count). The highest BCUT2D eigenvalue weighted by Crippen LogP contribution is 2.21. The van der Waals surface area contributed by atoms with Crippen LogP contribution in [0.15, 0.2) is 28.9 Å². The Morgan fingerprint density at radius 1 is 1.47 bits per heavy atom. The highest BCUT2D eigenvalue weighted by atomic mass is 79.9. The van der Waals surface area contributed by atoms with Crippen LogP contribution in [0.2, 0.25) is 0 Å². The molecule has 0 fully saturated rings. The van der Waals surface area contributed by atoms with E-state index in [2.05, 4.69) is 42.2 Å². The van der Waals surface area contributed by atoms with Crippen molar-refractivity contribution in [1.82, 2.24) is 15.0 Å². The van der Waals surface area contributed by atoms with Gasteiger partial charge in [-0.05, 0) is 24.6 Å². The zero-order chi connectivity index (χ0) is 12.4. The monoisotopic (exact) mass is 361 g/mol. The summed E-state index contributed by atoms with van der Waals surface area (Å²) in [5, 5.41) is 8.05. The van der Waals surface area contributed by atoms with Gasteiger partial charge in [0.25, 0.3) is 0 Å². The van der Waals surface area contributed by atoms with Crippen LogP contribution in [0.25, 0.3) is 0 Å². The van der Waals surface area contributed by atoms with Crippen LogP contribution in [0.3, 0.4) is 0 Å². The fourth-order valence-electron chi connectivity index (χ4n) is 1.40. The zero-order valence-electron chi connectivity index (χ0n) is 9.07. The van der Waals surface area contributed by atoms with E-state index in [1.807, 2.05) is 13.1 Å². The Kier molecular flexibility index (Phi) is 3.93. The van der Waals surface area contributed by atoms with Gasteiger partial charge >= 0.3 is 0 Å². The Hall–Kier alpha value is -0.750. The quantitative estimate of drug-likeness (QED) is 0.779. The molecule has 0 aliphatic carbocycles. The standard InChI is InChI=1S/C11H10Br2FN3/c1-7(12)11-6-17(16-15-11)5-8-2-3-9(14)4-10(8)13/h2-4,6-7H,5H2,1H3. The summed E-state index contributed by atoms with van der Waals surface area (Å²) < 4.78 is 15.4. The van der Waals surface area contributed by atoms with Gasteiger partial charge in [-0.3, -0.25) is 0 Å². The summed E-state index contributed by atoms with van der Waals surface area (Å²) in [7, 11) is 0. The minimum absolute atomic E-state index is 0.174. The fourth-order valence-corrected chi connectivity index (χ4v) is 2.08. The number of alkyl halides is 1. The van der Waals surface area contributed by atoms with Crippen LogP contribution in [0.4, 0.5) is 4.39 Å². The smallest absolute Gasteiger partial charge is 0.124 e. The van der Waals surface area contributed by atoms with Crippen LogP contribution in [0, 0.1) is 5.82 Å². The number of benzene rings is 1. The molecule has 6 heteroatoms. The maximum absolute atomic E-state index is 12.9. The van der Waals surface area contributed by atoms with Crippen molar-refractivity contribution in [2.24, 2.45) is 0 Å². The van der Waals surface area contributed by atoms with Crippen LogP contribution in [0.5, 0.6) is 0 Å². The summed E-state index contributed by atoms with van der Waals surface area (Å²) in [6, 6.07) is 4.61. The number of nitrogens with zero attached hydrogens (tertiary/aromatic N) is 3. The van der Waals surface area contributed by atoms with Crippen molar-refractivity contribution in [3.63, 3.8) is 0 Å². The first-order chi connectivity index (χ1) is 8.06. The SMILES string of the molecule is CC(Br)c1cn(Cc2ccc(F)cc2Br)nn1. The lowest BCUT2D eigenvalue weighted by atomic mass is 10.2. The second-order valence-corrected chi connectivity index (χ2v) is 5.92. The molecule has 0 aliphatic rings. The minimum atomic E-state index is -0.256. The molecular weight excluding hydrogens is 353 g/mol. The first-order valence-electron chi connectivity index (χ1n) is 5.04. The predicted molar refractivity (Wildman–Crippen MR) is 70.6 cm³/mol. The molecule has 0 saturated heterocycles. The molecule has 1 aromatic carbocycles. The molecule has 1 aromatic heterocycles. The molecule has 0 bridgehead atoms. The molecule has 2 aromatic rings. The van der Waals surface area contributed by atoms with Gasteiger partial charge in [0.2, 0.25) is 0 Å². The lowest BCUT2D eigenvalue weighted by Crippen LogP contribution is -2.01. The molecule has 0 spiro atoms. The van der Waals surface area contributed by atoms with Crippen LogP contribution in [-0.4, -0.2) is 15.0 Å². The van der Waals surface area contributed by atoms with Gasteiger partial charge < -0.3 is 0 Å². The Bertz CT molecular complexity index is 525. The van der Waals surface area contributed by atoms with E-state index in [1.54, 1.807) is 10.7 Å². The molecule has 1 unspecified atom stereocenters. The first kappa shape index (κ1) is 12.7. The molecule has 1 atom stereocenters. The molecule has 0 amide bonds. The second kappa shape index (κ2) is 5.27. The van der Waals surface area contributed by atoms with Gasteiger partial charge in [0.05, 0.1) is 17.1 Å². The van der Waals surface area contributed by atoms with Crippen LogP contribution in [0.1, 0.15) is 23.0 Å². The van der Waals surface area contributed by atoms with Gasteiger partial charge in [-0.25, -0.2) is 9.07 Å². The lowest BCUT2D eigenvalue weighted by molar-refractivity contribution is 0.619. The molecule has 0 N–H and O–H groups in total. The highest BCUT2D eigenvalue weighted by Gasteiger charge is 2.08. The Morgan fingerprint density at radius 2 is 2.24 bits per heavy atom.